The molecule has 0 aliphatic carbocycles. The van der Waals surface area contributed by atoms with E-state index in [9.17, 15) is 9.18 Å². The number of fused-ring (bicyclic) bond motifs is 1. The summed E-state index contributed by atoms with van der Waals surface area (Å²) in [7, 11) is -1.27. The van der Waals surface area contributed by atoms with Gasteiger partial charge in [0.25, 0.3) is 0 Å². The van der Waals surface area contributed by atoms with E-state index in [2.05, 4.69) is 60.2 Å². The molecule has 12 heteroatoms. The maximum atomic E-state index is 14.2. The third-order valence-electron chi connectivity index (χ3n) is 4.94. The van der Waals surface area contributed by atoms with E-state index in [1.54, 1.807) is 16.7 Å². The summed E-state index contributed by atoms with van der Waals surface area (Å²) < 4.78 is 32.6. The number of hydrogen-bond acceptors (Lipinski definition) is 7. The van der Waals surface area contributed by atoms with Crippen LogP contribution in [0, 0.1) is 12.7 Å². The zero-order chi connectivity index (χ0) is 23.8. The number of rotatable bonds is 8. The van der Waals surface area contributed by atoms with Crippen LogP contribution >= 0.6 is 15.9 Å². The van der Waals surface area contributed by atoms with Crippen LogP contribution in [0.25, 0.3) is 22.6 Å². The lowest BCUT2D eigenvalue weighted by molar-refractivity contribution is 0.0849. The van der Waals surface area contributed by atoms with Gasteiger partial charge < -0.3 is 9.47 Å². The van der Waals surface area contributed by atoms with Crippen LogP contribution in [0.15, 0.2) is 38.2 Å². The van der Waals surface area contributed by atoms with Gasteiger partial charge in [-0.15, -0.1) is 0 Å². The summed E-state index contributed by atoms with van der Waals surface area (Å²) in [4.78, 5) is 22.5. The predicted octanol–water partition coefficient (Wildman–Crippen LogP) is 5.09. The number of pyridine rings is 1. The lowest BCUT2D eigenvalue weighted by atomic mass is 10.1. The third kappa shape index (κ3) is 5.39. The Kier molecular flexibility index (Phi) is 6.50. The minimum absolute atomic E-state index is 0.0685. The first-order chi connectivity index (χ1) is 15.6. The Morgan fingerprint density at radius 3 is 2.73 bits per heavy atom. The van der Waals surface area contributed by atoms with E-state index in [4.69, 9.17) is 9.47 Å². The summed E-state index contributed by atoms with van der Waals surface area (Å²) in [5.74, 6) is -0.398. The van der Waals surface area contributed by atoms with Crippen LogP contribution in [-0.2, 0) is 11.5 Å². The van der Waals surface area contributed by atoms with Crippen LogP contribution in [0.3, 0.4) is 0 Å². The molecule has 0 radical (unpaired) electrons. The maximum absolute atomic E-state index is 14.2. The number of halogens is 2. The SMILES string of the molecule is Cc1ccc(-c2noc(=O)[nH]2)cc1Oc1nc2nc(Br)c(F)cc2n1COCC[Si](C)(C)C. The average molecular weight is 536 g/mol. The quantitative estimate of drug-likeness (QED) is 0.190. The standard InChI is InChI=1S/C21H23BrFN5O4Si/c1-12-5-6-13(18-26-21(29)32-27-18)9-16(12)31-20-25-19-15(10-14(23)17(22)24-19)28(20)11-30-7-8-33(2,3)4/h5-6,9-10H,7-8,11H2,1-4H3,(H,26,27,29). The largest absolute Gasteiger partial charge is 0.439 e. The molecule has 4 rings (SSSR count). The number of hydrogen-bond donors (Lipinski definition) is 1. The molecule has 0 fully saturated rings. The average Bonchev–Trinajstić information content (AvgIpc) is 3.30. The molecule has 0 spiro atoms. The first-order valence-electron chi connectivity index (χ1n) is 10.3. The van der Waals surface area contributed by atoms with Crippen LogP contribution in [-0.4, -0.2) is 39.4 Å². The highest BCUT2D eigenvalue weighted by Crippen LogP contribution is 2.31. The molecule has 174 valence electrons. The summed E-state index contributed by atoms with van der Waals surface area (Å²) in [6.07, 6.45) is 0. The van der Waals surface area contributed by atoms with Gasteiger partial charge in [0, 0.05) is 26.3 Å². The molecule has 0 saturated heterocycles. The second-order valence-electron chi connectivity index (χ2n) is 8.80. The Labute approximate surface area is 198 Å². The fourth-order valence-electron chi connectivity index (χ4n) is 3.03. The number of nitrogens with zero attached hydrogens (tertiary/aromatic N) is 4. The fourth-order valence-corrected chi connectivity index (χ4v) is 4.07. The van der Waals surface area contributed by atoms with Crippen LogP contribution in [0.2, 0.25) is 25.7 Å². The summed E-state index contributed by atoms with van der Waals surface area (Å²) in [6, 6.07) is 7.86. The highest BCUT2D eigenvalue weighted by Gasteiger charge is 2.19. The zero-order valence-corrected chi connectivity index (χ0v) is 21.2. The van der Waals surface area contributed by atoms with Crippen molar-refractivity contribution in [1.29, 1.82) is 0 Å². The molecule has 0 amide bonds. The maximum Gasteiger partial charge on any atom is 0.439 e. The Balaban J connectivity index is 1.68. The Morgan fingerprint density at radius 2 is 2.03 bits per heavy atom. The lowest BCUT2D eigenvalue weighted by Crippen LogP contribution is -2.22. The molecule has 0 aliphatic rings. The van der Waals surface area contributed by atoms with Gasteiger partial charge in [-0.1, -0.05) is 36.9 Å². The van der Waals surface area contributed by atoms with E-state index in [1.807, 2.05) is 13.0 Å². The van der Waals surface area contributed by atoms with Crippen molar-refractivity contribution in [2.75, 3.05) is 6.61 Å². The van der Waals surface area contributed by atoms with Gasteiger partial charge in [0.2, 0.25) is 0 Å². The van der Waals surface area contributed by atoms with E-state index in [-0.39, 0.29) is 23.2 Å². The minimum atomic E-state index is -1.27. The van der Waals surface area contributed by atoms with Gasteiger partial charge in [-0.25, -0.2) is 14.2 Å². The highest BCUT2D eigenvalue weighted by atomic mass is 79.9. The molecule has 33 heavy (non-hydrogen) atoms. The van der Waals surface area contributed by atoms with Gasteiger partial charge in [-0.05, 0) is 40.5 Å². The van der Waals surface area contributed by atoms with Crippen molar-refractivity contribution in [2.24, 2.45) is 0 Å². The van der Waals surface area contributed by atoms with Crippen LogP contribution in [0.1, 0.15) is 5.56 Å². The Hall–Kier alpha value is -2.83. The van der Waals surface area contributed by atoms with E-state index in [1.165, 1.54) is 6.07 Å². The van der Waals surface area contributed by atoms with Crippen molar-refractivity contribution in [3.63, 3.8) is 0 Å². The van der Waals surface area contributed by atoms with Gasteiger partial charge in [-0.2, -0.15) is 4.98 Å². The minimum Gasteiger partial charge on any atom is -0.425 e. The summed E-state index contributed by atoms with van der Waals surface area (Å²) >= 11 is 3.10. The lowest BCUT2D eigenvalue weighted by Gasteiger charge is -2.16. The van der Waals surface area contributed by atoms with Crippen molar-refractivity contribution in [3.05, 3.63) is 50.8 Å². The topological polar surface area (TPSA) is 108 Å². The molecule has 3 heterocycles. The molecule has 0 unspecified atom stereocenters. The number of aryl methyl sites for hydroxylation is 1. The molecule has 9 nitrogen and oxygen atoms in total. The van der Waals surface area contributed by atoms with Gasteiger partial charge in [0.15, 0.2) is 17.3 Å². The molecule has 0 aliphatic heterocycles. The predicted molar refractivity (Wildman–Crippen MR) is 127 cm³/mol. The number of nitrogens with one attached hydrogen (secondary N) is 1. The molecule has 0 bridgehead atoms. The summed E-state index contributed by atoms with van der Waals surface area (Å²) in [6.45, 7) is 9.39. The van der Waals surface area contributed by atoms with E-state index in [0.717, 1.165) is 11.6 Å². The van der Waals surface area contributed by atoms with Gasteiger partial charge >= 0.3 is 11.8 Å². The summed E-state index contributed by atoms with van der Waals surface area (Å²) in [5.41, 5.74) is 2.20. The number of H-pyrrole nitrogens is 1. The van der Waals surface area contributed by atoms with Crippen LogP contribution in [0.5, 0.6) is 11.8 Å². The van der Waals surface area contributed by atoms with Crippen molar-refractivity contribution < 1.29 is 18.4 Å². The van der Waals surface area contributed by atoms with Crippen molar-refractivity contribution >= 4 is 35.2 Å². The smallest absolute Gasteiger partial charge is 0.425 e. The molecule has 0 atom stereocenters. The van der Waals surface area contributed by atoms with Gasteiger partial charge in [-0.3, -0.25) is 14.1 Å². The van der Waals surface area contributed by atoms with Gasteiger partial charge in [0.1, 0.15) is 17.1 Å². The monoisotopic (exact) mass is 535 g/mol. The highest BCUT2D eigenvalue weighted by molar-refractivity contribution is 9.10. The first-order valence-corrected chi connectivity index (χ1v) is 14.8. The first kappa shape index (κ1) is 23.3. The van der Waals surface area contributed by atoms with E-state index in [0.29, 0.717) is 29.1 Å². The molecule has 3 aromatic heterocycles. The van der Waals surface area contributed by atoms with Gasteiger partial charge in [0.05, 0.1) is 5.52 Å². The number of imidazole rings is 1. The van der Waals surface area contributed by atoms with Crippen molar-refractivity contribution in [2.45, 2.75) is 39.3 Å². The number of aromatic nitrogens is 5. The second kappa shape index (κ2) is 9.19. The molecular weight excluding hydrogens is 513 g/mol. The fraction of sp³-hybridized carbons (Fsp3) is 0.333. The van der Waals surface area contributed by atoms with E-state index >= 15 is 0 Å². The van der Waals surface area contributed by atoms with Crippen molar-refractivity contribution in [3.8, 4) is 23.1 Å². The Bertz CT molecular complexity index is 1360. The normalized spacial score (nSPS) is 11.9. The molecule has 4 aromatic rings. The number of benzene rings is 1. The van der Waals surface area contributed by atoms with Crippen LogP contribution in [0.4, 0.5) is 4.39 Å². The number of ether oxygens (including phenoxy) is 2. The molecule has 0 saturated carbocycles. The second-order valence-corrected chi connectivity index (χ2v) is 15.2. The third-order valence-corrected chi connectivity index (χ3v) is 7.20. The van der Waals surface area contributed by atoms with Crippen molar-refractivity contribution in [1.82, 2.24) is 24.7 Å². The van der Waals surface area contributed by atoms with E-state index < -0.39 is 19.6 Å². The zero-order valence-electron chi connectivity index (χ0n) is 18.6. The Morgan fingerprint density at radius 1 is 1.24 bits per heavy atom. The van der Waals surface area contributed by atoms with Crippen LogP contribution < -0.4 is 10.5 Å². The summed E-state index contributed by atoms with van der Waals surface area (Å²) in [5, 5.41) is 3.71. The molecular formula is C21H23BrFN5O4Si. The molecule has 1 N–H and O–H groups in total. The molecule has 1 aromatic carbocycles. The number of aromatic amines is 1.